The number of rotatable bonds is 5. The van der Waals surface area contributed by atoms with E-state index in [1.807, 2.05) is 0 Å². The largest absolute Gasteiger partial charge is 0.461 e. The molecule has 2 aliphatic rings. The van der Waals surface area contributed by atoms with Gasteiger partial charge in [0.1, 0.15) is 18.8 Å². The molecule has 2 aliphatic heterocycles. The Morgan fingerprint density at radius 2 is 1.96 bits per heavy atom. The van der Waals surface area contributed by atoms with Crippen LogP contribution in [0.2, 0.25) is 0 Å². The first kappa shape index (κ1) is 21.4. The number of nitrogens with one attached hydrogen (secondary N) is 1. The van der Waals surface area contributed by atoms with Crippen molar-refractivity contribution in [1.29, 1.82) is 0 Å². The third-order valence-corrected chi connectivity index (χ3v) is 6.17. The maximum absolute atomic E-state index is 12.8. The molecule has 2 heterocycles. The van der Waals surface area contributed by atoms with Crippen LogP contribution < -0.4 is 5.32 Å². The van der Waals surface area contributed by atoms with Crippen molar-refractivity contribution < 1.29 is 33.4 Å². The number of hydrogen-bond donors (Lipinski definition) is 1. The minimum atomic E-state index is -1.24. The predicted molar refractivity (Wildman–Crippen MR) is 99.1 cm³/mol. The molecule has 152 valence electrons. The van der Waals surface area contributed by atoms with Gasteiger partial charge in [-0.1, -0.05) is 0 Å². The number of carbonyl (C=O) groups is 4. The number of methoxy groups -OCH3 is 1. The van der Waals surface area contributed by atoms with Gasteiger partial charge >= 0.3 is 11.9 Å². The molecule has 2 amide bonds. The smallest absolute Gasteiger partial charge is 0.325 e. The van der Waals surface area contributed by atoms with Crippen molar-refractivity contribution in [3.63, 3.8) is 0 Å². The van der Waals surface area contributed by atoms with Crippen molar-refractivity contribution in [3.8, 4) is 0 Å². The maximum atomic E-state index is 12.8. The Morgan fingerprint density at radius 3 is 2.52 bits per heavy atom. The quantitative estimate of drug-likeness (QED) is 0.414. The Labute approximate surface area is 160 Å². The number of fused-ring (bicyclic) bond motifs is 1. The SMILES string of the molecule is CO[C@@H]1C(=O)N2[C@H]1CCC(COC(C)=O)=S2C(=O)NCC(=O)OC(C)(C)C. The molecule has 0 bridgehead atoms. The molecule has 1 saturated heterocycles. The summed E-state index contributed by atoms with van der Waals surface area (Å²) < 4.78 is 16.9. The van der Waals surface area contributed by atoms with E-state index in [2.05, 4.69) is 5.32 Å². The van der Waals surface area contributed by atoms with Crippen molar-refractivity contribution in [2.75, 3.05) is 20.3 Å². The number of nitrogens with zero attached hydrogens (tertiary/aromatic N) is 1. The van der Waals surface area contributed by atoms with Gasteiger partial charge in [0.15, 0.2) is 6.10 Å². The van der Waals surface area contributed by atoms with E-state index in [1.165, 1.54) is 18.3 Å². The summed E-state index contributed by atoms with van der Waals surface area (Å²) >= 11 is 0. The van der Waals surface area contributed by atoms with Gasteiger partial charge in [-0.15, -0.1) is 0 Å². The molecule has 10 heteroatoms. The van der Waals surface area contributed by atoms with E-state index in [0.717, 1.165) is 0 Å². The van der Waals surface area contributed by atoms with Crippen molar-refractivity contribution in [1.82, 2.24) is 9.62 Å². The zero-order chi connectivity index (χ0) is 20.4. The zero-order valence-electron chi connectivity index (χ0n) is 16.2. The van der Waals surface area contributed by atoms with Gasteiger partial charge in [-0.25, -0.2) is 0 Å². The third-order valence-electron chi connectivity index (χ3n) is 3.96. The summed E-state index contributed by atoms with van der Waals surface area (Å²) in [7, 11) is 0.219. The molecule has 0 aromatic heterocycles. The number of esters is 2. The van der Waals surface area contributed by atoms with Crippen LogP contribution in [0.25, 0.3) is 0 Å². The lowest BCUT2D eigenvalue weighted by molar-refractivity contribution is -0.158. The molecule has 9 nitrogen and oxygen atoms in total. The van der Waals surface area contributed by atoms with Gasteiger partial charge in [0.05, 0.1) is 6.04 Å². The first-order chi connectivity index (χ1) is 12.5. The van der Waals surface area contributed by atoms with Crippen LogP contribution in [0.3, 0.4) is 0 Å². The standard InChI is InChI=1S/C17H26N2O7S/c1-10(20)25-9-11-6-7-12-14(24-5)15(22)19(12)27(11)16(23)18-8-13(21)26-17(2,3)4/h12,14H,6-9H2,1-5H3,(H,18,23)/t12-,14-,27?/m0/s1. The van der Waals surface area contributed by atoms with Gasteiger partial charge in [-0.05, 0) is 33.6 Å². The van der Waals surface area contributed by atoms with Crippen LogP contribution in [0.5, 0.6) is 0 Å². The third kappa shape index (κ3) is 5.07. The van der Waals surface area contributed by atoms with Crippen LogP contribution in [-0.2, 0) is 28.6 Å². The highest BCUT2D eigenvalue weighted by Crippen LogP contribution is 2.42. The first-order valence-corrected chi connectivity index (χ1v) is 9.81. The highest BCUT2D eigenvalue weighted by molar-refractivity contribution is 8.27. The predicted octanol–water partition coefficient (Wildman–Crippen LogP) is 0.977. The lowest BCUT2D eigenvalue weighted by Crippen LogP contribution is -2.65. The molecule has 0 aromatic carbocycles. The van der Waals surface area contributed by atoms with Gasteiger partial charge in [0, 0.05) is 29.6 Å². The van der Waals surface area contributed by atoms with Crippen molar-refractivity contribution in [3.05, 3.63) is 0 Å². The summed E-state index contributed by atoms with van der Waals surface area (Å²) in [5.41, 5.74) is -0.661. The van der Waals surface area contributed by atoms with Crippen LogP contribution in [0.15, 0.2) is 0 Å². The Kier molecular flexibility index (Phi) is 6.63. The summed E-state index contributed by atoms with van der Waals surface area (Å²) in [5.74, 6) is -1.32. The van der Waals surface area contributed by atoms with Crippen molar-refractivity contribution >= 4 is 38.6 Å². The minimum Gasteiger partial charge on any atom is -0.461 e. The van der Waals surface area contributed by atoms with Crippen LogP contribution in [0.1, 0.15) is 40.5 Å². The second kappa shape index (κ2) is 8.39. The van der Waals surface area contributed by atoms with E-state index < -0.39 is 39.6 Å². The monoisotopic (exact) mass is 402 g/mol. The van der Waals surface area contributed by atoms with Crippen LogP contribution >= 0.6 is 10.7 Å². The summed E-state index contributed by atoms with van der Waals surface area (Å²) in [4.78, 5) is 48.8. The number of amides is 2. The van der Waals surface area contributed by atoms with Crippen LogP contribution in [-0.4, -0.2) is 70.3 Å². The average Bonchev–Trinajstić information content (AvgIpc) is 2.55. The number of hydrogen-bond acceptors (Lipinski definition) is 7. The lowest BCUT2D eigenvalue weighted by Gasteiger charge is -2.49. The highest BCUT2D eigenvalue weighted by atomic mass is 32.2. The molecule has 3 atom stereocenters. The fraction of sp³-hybridized carbons (Fsp3) is 0.706. The summed E-state index contributed by atoms with van der Waals surface area (Å²) in [5, 5.41) is 2.06. The molecular weight excluding hydrogens is 376 g/mol. The van der Waals surface area contributed by atoms with Crippen molar-refractivity contribution in [2.45, 2.75) is 58.3 Å². The molecule has 0 saturated carbocycles. The van der Waals surface area contributed by atoms with Crippen LogP contribution in [0.4, 0.5) is 4.79 Å². The van der Waals surface area contributed by atoms with Crippen molar-refractivity contribution in [2.24, 2.45) is 0 Å². The van der Waals surface area contributed by atoms with Gasteiger partial charge in [0.2, 0.25) is 0 Å². The molecule has 0 aliphatic carbocycles. The molecule has 1 N–H and O–H groups in total. The number of carbonyl (C=O) groups excluding carboxylic acids is 4. The summed E-state index contributed by atoms with van der Waals surface area (Å²) in [6.45, 7) is 6.13. The molecule has 0 aromatic rings. The van der Waals surface area contributed by atoms with Gasteiger partial charge in [-0.2, -0.15) is 0 Å². The Morgan fingerprint density at radius 1 is 1.30 bits per heavy atom. The maximum Gasteiger partial charge on any atom is 0.325 e. The second-order valence-electron chi connectivity index (χ2n) is 7.26. The fourth-order valence-corrected chi connectivity index (χ4v) is 5.09. The number of β-lactam (4-membered cyclic amide) rings is 1. The average molecular weight is 402 g/mol. The molecule has 0 spiro atoms. The first-order valence-electron chi connectivity index (χ1n) is 8.63. The molecular formula is C17H26N2O7S. The summed E-state index contributed by atoms with van der Waals surface area (Å²) in [6, 6.07) is -0.195. The second-order valence-corrected chi connectivity index (χ2v) is 9.17. The normalized spacial score (nSPS) is 24.6. The van der Waals surface area contributed by atoms with Gasteiger partial charge in [-0.3, -0.25) is 23.5 Å². The molecule has 0 radical (unpaired) electrons. The minimum absolute atomic E-state index is 0.0353. The Balaban J connectivity index is 2.15. The van der Waals surface area contributed by atoms with E-state index in [9.17, 15) is 19.2 Å². The Bertz CT molecular complexity index is 683. The lowest BCUT2D eigenvalue weighted by atomic mass is 9.96. The van der Waals surface area contributed by atoms with Gasteiger partial charge in [0.25, 0.3) is 11.1 Å². The molecule has 1 fully saturated rings. The van der Waals surface area contributed by atoms with E-state index in [1.54, 1.807) is 20.8 Å². The number of ether oxygens (including phenoxy) is 3. The Hall–Kier alpha value is -1.94. The van der Waals surface area contributed by atoms with E-state index >= 15 is 0 Å². The fourth-order valence-electron chi connectivity index (χ4n) is 2.91. The van der Waals surface area contributed by atoms with E-state index in [0.29, 0.717) is 17.7 Å². The van der Waals surface area contributed by atoms with Gasteiger partial charge < -0.3 is 19.5 Å². The molecule has 27 heavy (non-hydrogen) atoms. The summed E-state index contributed by atoms with van der Waals surface area (Å²) in [6.07, 6.45) is 0.600. The van der Waals surface area contributed by atoms with E-state index in [-0.39, 0.29) is 25.1 Å². The zero-order valence-corrected chi connectivity index (χ0v) is 17.0. The topological polar surface area (TPSA) is 111 Å². The highest BCUT2D eigenvalue weighted by Gasteiger charge is 2.52. The molecule has 2 rings (SSSR count). The molecule has 1 unspecified atom stereocenters. The van der Waals surface area contributed by atoms with Crippen LogP contribution in [0, 0.1) is 0 Å². The van der Waals surface area contributed by atoms with E-state index in [4.69, 9.17) is 14.2 Å².